The molecule has 0 aliphatic carbocycles. The Morgan fingerprint density at radius 2 is 1.92 bits per heavy atom. The Bertz CT molecular complexity index is 962. The van der Waals surface area contributed by atoms with E-state index in [0.717, 1.165) is 39.1 Å². The van der Waals surface area contributed by atoms with E-state index in [1.807, 2.05) is 62.3 Å². The van der Waals surface area contributed by atoms with Crippen LogP contribution in [0.2, 0.25) is 0 Å². The van der Waals surface area contributed by atoms with Crippen LogP contribution in [0.1, 0.15) is 21.6 Å². The van der Waals surface area contributed by atoms with E-state index in [4.69, 9.17) is 0 Å². The van der Waals surface area contributed by atoms with E-state index in [1.54, 1.807) is 0 Å². The summed E-state index contributed by atoms with van der Waals surface area (Å²) in [7, 11) is 4.02. The number of benzene rings is 2. The first-order valence-corrected chi connectivity index (χ1v) is 8.03. The van der Waals surface area contributed by atoms with Crippen LogP contribution in [0, 0.1) is 6.92 Å². The second kappa shape index (κ2) is 5.34. The van der Waals surface area contributed by atoms with Crippen LogP contribution < -0.4 is 9.80 Å². The minimum absolute atomic E-state index is 0.0473. The van der Waals surface area contributed by atoms with Crippen molar-refractivity contribution >= 4 is 28.2 Å². The summed E-state index contributed by atoms with van der Waals surface area (Å²) >= 11 is 0. The topological polar surface area (TPSA) is 36.4 Å². The highest BCUT2D eigenvalue weighted by Gasteiger charge is 2.30. The molecule has 120 valence electrons. The van der Waals surface area contributed by atoms with Crippen molar-refractivity contribution in [3.63, 3.8) is 0 Å². The van der Waals surface area contributed by atoms with E-state index >= 15 is 0 Å². The number of aromatic nitrogens is 1. The molecule has 0 radical (unpaired) electrons. The zero-order chi connectivity index (χ0) is 16.8. The molecule has 0 spiro atoms. The standard InChI is InChI=1S/C20H19N3O/c1-13-7-8-14-5-4-6-18(19(14)21-13)23-12-15-11-16(22(2)3)9-10-17(15)20(23)24/h4-11H,12H2,1-3H3. The van der Waals surface area contributed by atoms with E-state index < -0.39 is 0 Å². The van der Waals surface area contributed by atoms with Gasteiger partial charge in [0.2, 0.25) is 0 Å². The summed E-state index contributed by atoms with van der Waals surface area (Å²) in [5, 5.41) is 1.05. The third kappa shape index (κ3) is 2.22. The first-order valence-electron chi connectivity index (χ1n) is 8.03. The van der Waals surface area contributed by atoms with Gasteiger partial charge in [0, 0.05) is 36.4 Å². The molecule has 0 unspecified atom stereocenters. The van der Waals surface area contributed by atoms with Crippen LogP contribution >= 0.6 is 0 Å². The molecule has 0 fully saturated rings. The van der Waals surface area contributed by atoms with Crippen molar-refractivity contribution < 1.29 is 4.79 Å². The normalized spacial score (nSPS) is 13.5. The Hall–Kier alpha value is -2.88. The highest BCUT2D eigenvalue weighted by Crippen LogP contribution is 2.34. The van der Waals surface area contributed by atoms with Gasteiger partial charge in [-0.05, 0) is 42.8 Å². The molecule has 0 saturated heterocycles. The van der Waals surface area contributed by atoms with Crippen LogP contribution in [0.4, 0.5) is 11.4 Å². The lowest BCUT2D eigenvalue weighted by Gasteiger charge is -2.17. The van der Waals surface area contributed by atoms with Crippen molar-refractivity contribution in [3.8, 4) is 0 Å². The molecule has 4 rings (SSSR count). The van der Waals surface area contributed by atoms with E-state index in [2.05, 4.69) is 22.0 Å². The van der Waals surface area contributed by atoms with Crippen molar-refractivity contribution in [1.29, 1.82) is 0 Å². The lowest BCUT2D eigenvalue weighted by molar-refractivity contribution is 0.0997. The number of fused-ring (bicyclic) bond motifs is 2. The number of amides is 1. The van der Waals surface area contributed by atoms with Gasteiger partial charge >= 0.3 is 0 Å². The van der Waals surface area contributed by atoms with Crippen molar-refractivity contribution in [1.82, 2.24) is 4.98 Å². The first-order chi connectivity index (χ1) is 11.5. The van der Waals surface area contributed by atoms with Crippen molar-refractivity contribution in [2.75, 3.05) is 23.9 Å². The van der Waals surface area contributed by atoms with Crippen molar-refractivity contribution in [3.05, 3.63) is 65.4 Å². The number of hydrogen-bond acceptors (Lipinski definition) is 3. The Balaban J connectivity index is 1.82. The van der Waals surface area contributed by atoms with Crippen molar-refractivity contribution in [2.45, 2.75) is 13.5 Å². The number of anilines is 2. The molecule has 1 aliphatic rings. The molecule has 1 amide bonds. The van der Waals surface area contributed by atoms with Gasteiger partial charge in [0.1, 0.15) is 0 Å². The number of carbonyl (C=O) groups is 1. The Morgan fingerprint density at radius 1 is 1.08 bits per heavy atom. The number of carbonyl (C=O) groups excluding carboxylic acids is 1. The van der Waals surface area contributed by atoms with Crippen molar-refractivity contribution in [2.24, 2.45) is 0 Å². The number of para-hydroxylation sites is 1. The summed E-state index contributed by atoms with van der Waals surface area (Å²) < 4.78 is 0. The maximum atomic E-state index is 12.9. The Morgan fingerprint density at radius 3 is 2.71 bits per heavy atom. The highest BCUT2D eigenvalue weighted by atomic mass is 16.2. The Kier molecular flexibility index (Phi) is 3.27. The van der Waals surface area contributed by atoms with Gasteiger partial charge in [-0.2, -0.15) is 0 Å². The third-order valence-electron chi connectivity index (χ3n) is 4.54. The third-order valence-corrected chi connectivity index (χ3v) is 4.54. The van der Waals surface area contributed by atoms with Gasteiger partial charge in [-0.3, -0.25) is 9.78 Å². The van der Waals surface area contributed by atoms with Crippen LogP contribution in [0.15, 0.2) is 48.5 Å². The molecule has 24 heavy (non-hydrogen) atoms. The molecule has 0 saturated carbocycles. The predicted octanol–water partition coefficient (Wildman–Crippen LogP) is 3.77. The maximum absolute atomic E-state index is 12.9. The molecule has 1 aromatic heterocycles. The summed E-state index contributed by atoms with van der Waals surface area (Å²) in [4.78, 5) is 21.4. The molecule has 2 heterocycles. The zero-order valence-electron chi connectivity index (χ0n) is 14.1. The highest BCUT2D eigenvalue weighted by molar-refractivity contribution is 6.13. The number of aryl methyl sites for hydroxylation is 1. The van der Waals surface area contributed by atoms with Crippen LogP contribution in [0.3, 0.4) is 0 Å². The predicted molar refractivity (Wildman–Crippen MR) is 97.8 cm³/mol. The zero-order valence-corrected chi connectivity index (χ0v) is 14.1. The summed E-state index contributed by atoms with van der Waals surface area (Å²) in [5.74, 6) is 0.0473. The molecule has 1 aliphatic heterocycles. The van der Waals surface area contributed by atoms with Gasteiger partial charge in [0.25, 0.3) is 5.91 Å². The van der Waals surface area contributed by atoms with Crippen LogP contribution in [0.5, 0.6) is 0 Å². The fourth-order valence-electron chi connectivity index (χ4n) is 3.23. The fourth-order valence-corrected chi connectivity index (χ4v) is 3.23. The maximum Gasteiger partial charge on any atom is 0.259 e. The molecular formula is C20H19N3O. The average Bonchev–Trinajstić information content (AvgIpc) is 2.90. The van der Waals surface area contributed by atoms with Crippen LogP contribution in [-0.4, -0.2) is 25.0 Å². The average molecular weight is 317 g/mol. The monoisotopic (exact) mass is 317 g/mol. The lowest BCUT2D eigenvalue weighted by atomic mass is 10.1. The smallest absolute Gasteiger partial charge is 0.259 e. The van der Waals surface area contributed by atoms with E-state index in [1.165, 1.54) is 0 Å². The number of pyridine rings is 1. The minimum atomic E-state index is 0.0473. The molecular weight excluding hydrogens is 298 g/mol. The molecule has 0 bridgehead atoms. The van der Waals surface area contributed by atoms with Gasteiger partial charge in [-0.15, -0.1) is 0 Å². The quantitative estimate of drug-likeness (QED) is 0.722. The van der Waals surface area contributed by atoms with Crippen LogP contribution in [-0.2, 0) is 6.54 Å². The van der Waals surface area contributed by atoms with E-state index in [9.17, 15) is 4.79 Å². The number of nitrogens with zero attached hydrogens (tertiary/aromatic N) is 3. The number of hydrogen-bond donors (Lipinski definition) is 0. The van der Waals surface area contributed by atoms with E-state index in [-0.39, 0.29) is 5.91 Å². The summed E-state index contributed by atoms with van der Waals surface area (Å²) in [5.41, 5.74) is 5.67. The van der Waals surface area contributed by atoms with Crippen LogP contribution in [0.25, 0.3) is 10.9 Å². The lowest BCUT2D eigenvalue weighted by Crippen LogP contribution is -2.23. The first kappa shape index (κ1) is 14.7. The number of rotatable bonds is 2. The molecule has 4 heteroatoms. The van der Waals surface area contributed by atoms with Gasteiger partial charge in [-0.25, -0.2) is 0 Å². The van der Waals surface area contributed by atoms with E-state index in [0.29, 0.717) is 6.54 Å². The van der Waals surface area contributed by atoms with Gasteiger partial charge in [0.15, 0.2) is 0 Å². The van der Waals surface area contributed by atoms with Gasteiger partial charge in [0.05, 0.1) is 17.7 Å². The summed E-state index contributed by atoms with van der Waals surface area (Å²) in [6.45, 7) is 2.56. The second-order valence-electron chi connectivity index (χ2n) is 6.43. The minimum Gasteiger partial charge on any atom is -0.378 e. The molecule has 2 aromatic carbocycles. The van der Waals surface area contributed by atoms with Gasteiger partial charge < -0.3 is 9.80 Å². The summed E-state index contributed by atoms with van der Waals surface area (Å²) in [6, 6.07) is 16.1. The molecule has 0 atom stereocenters. The molecule has 0 N–H and O–H groups in total. The second-order valence-corrected chi connectivity index (χ2v) is 6.43. The molecule has 4 nitrogen and oxygen atoms in total. The molecule has 3 aromatic rings. The summed E-state index contributed by atoms with van der Waals surface area (Å²) in [6.07, 6.45) is 0. The Labute approximate surface area is 141 Å². The SMILES string of the molecule is Cc1ccc2cccc(N3Cc4cc(N(C)C)ccc4C3=O)c2n1. The fraction of sp³-hybridized carbons (Fsp3) is 0.200. The largest absolute Gasteiger partial charge is 0.378 e. The van der Waals surface area contributed by atoms with Gasteiger partial charge in [-0.1, -0.05) is 18.2 Å².